The van der Waals surface area contributed by atoms with E-state index < -0.39 is 0 Å². The number of hydrogen-bond donors (Lipinski definition) is 1. The second kappa shape index (κ2) is 9.71. The number of rotatable bonds is 8. The van der Waals surface area contributed by atoms with Crippen LogP contribution in [0.15, 0.2) is 35.7 Å². The van der Waals surface area contributed by atoms with Gasteiger partial charge in [-0.25, -0.2) is 4.68 Å². The molecule has 1 aliphatic rings. The third kappa shape index (κ3) is 4.57. The summed E-state index contributed by atoms with van der Waals surface area (Å²) < 4.78 is 2.02. The van der Waals surface area contributed by atoms with Gasteiger partial charge in [-0.3, -0.25) is 0 Å². The fourth-order valence-electron chi connectivity index (χ4n) is 4.51. The van der Waals surface area contributed by atoms with Crippen molar-refractivity contribution in [2.75, 3.05) is 31.1 Å². The maximum atomic E-state index is 4.50. The Morgan fingerprint density at radius 2 is 1.97 bits per heavy atom. The average molecular weight is 426 g/mol. The molecule has 0 aliphatic carbocycles. The third-order valence-corrected chi connectivity index (χ3v) is 7.28. The topological polar surface area (TPSA) is 51.3 Å². The lowest BCUT2D eigenvalue weighted by molar-refractivity contribution is -0.933. The van der Waals surface area contributed by atoms with E-state index in [-0.39, 0.29) is 0 Å². The number of nitrogens with zero attached hydrogens (tertiary/aromatic N) is 5. The number of thiophene rings is 1. The minimum atomic E-state index is 0.362. The van der Waals surface area contributed by atoms with Gasteiger partial charge in [0.15, 0.2) is 0 Å². The molecule has 3 aromatic rings. The minimum absolute atomic E-state index is 0.362. The lowest BCUT2D eigenvalue weighted by atomic mass is 10.0. The highest BCUT2D eigenvalue weighted by molar-refractivity contribution is 7.09. The average Bonchev–Trinajstić information content (AvgIpc) is 3.44. The smallest absolute Gasteiger partial charge is 0.209 e. The summed E-state index contributed by atoms with van der Waals surface area (Å²) in [5, 5.41) is 15.0. The quantitative estimate of drug-likeness (QED) is 0.603. The Morgan fingerprint density at radius 1 is 1.13 bits per heavy atom. The number of aromatic nitrogens is 4. The molecule has 6 nitrogen and oxygen atoms in total. The number of benzene rings is 1. The van der Waals surface area contributed by atoms with E-state index in [2.05, 4.69) is 76.9 Å². The molecule has 2 aromatic heterocycles. The van der Waals surface area contributed by atoms with E-state index in [1.165, 1.54) is 34.5 Å². The summed E-state index contributed by atoms with van der Waals surface area (Å²) in [6.45, 7) is 11.9. The number of anilines is 1. The molecule has 0 radical (unpaired) electrons. The Morgan fingerprint density at radius 3 is 2.70 bits per heavy atom. The molecule has 30 heavy (non-hydrogen) atoms. The van der Waals surface area contributed by atoms with Crippen LogP contribution in [0.1, 0.15) is 54.1 Å². The molecule has 4 rings (SSSR count). The fourth-order valence-corrected chi connectivity index (χ4v) is 5.20. The molecule has 0 bridgehead atoms. The molecule has 1 N–H and O–H groups in total. The van der Waals surface area contributed by atoms with Crippen molar-refractivity contribution in [3.8, 4) is 0 Å². The van der Waals surface area contributed by atoms with Crippen molar-refractivity contribution in [1.82, 2.24) is 20.2 Å². The predicted octanol–water partition coefficient (Wildman–Crippen LogP) is 3.04. The van der Waals surface area contributed by atoms with Crippen LogP contribution in [0, 0.1) is 13.8 Å². The predicted molar refractivity (Wildman–Crippen MR) is 122 cm³/mol. The summed E-state index contributed by atoms with van der Waals surface area (Å²) >= 11 is 1.77. The zero-order valence-corrected chi connectivity index (χ0v) is 19.2. The van der Waals surface area contributed by atoms with Crippen molar-refractivity contribution in [3.05, 3.63) is 57.5 Å². The van der Waals surface area contributed by atoms with Crippen molar-refractivity contribution in [2.45, 2.75) is 52.6 Å². The minimum Gasteiger partial charge on any atom is -0.360 e. The highest BCUT2D eigenvalue weighted by atomic mass is 32.1. The molecule has 1 aromatic carbocycles. The van der Waals surface area contributed by atoms with Crippen LogP contribution in [0.5, 0.6) is 0 Å². The SMILES string of the molecule is CCCC[C@H](c1nnnn1Cc1cccs1)[NH+]1CCN(c2cccc(C)c2C)CC1. The van der Waals surface area contributed by atoms with Crippen molar-refractivity contribution < 1.29 is 4.90 Å². The van der Waals surface area contributed by atoms with E-state index in [9.17, 15) is 0 Å². The lowest BCUT2D eigenvalue weighted by Crippen LogP contribution is -3.15. The molecule has 3 heterocycles. The van der Waals surface area contributed by atoms with Gasteiger partial charge in [0.05, 0.1) is 32.7 Å². The number of quaternary nitrogens is 1. The van der Waals surface area contributed by atoms with Gasteiger partial charge in [0.1, 0.15) is 6.04 Å². The molecule has 1 atom stereocenters. The van der Waals surface area contributed by atoms with E-state index in [0.29, 0.717) is 6.04 Å². The molecule has 160 valence electrons. The Kier molecular flexibility index (Phi) is 6.79. The van der Waals surface area contributed by atoms with Crippen LogP contribution < -0.4 is 9.80 Å². The van der Waals surface area contributed by atoms with Crippen LogP contribution in [0.4, 0.5) is 5.69 Å². The molecule has 0 amide bonds. The molecule has 1 fully saturated rings. The zero-order valence-electron chi connectivity index (χ0n) is 18.3. The van der Waals surface area contributed by atoms with Gasteiger partial charge >= 0.3 is 0 Å². The Hall–Kier alpha value is -2.25. The van der Waals surface area contributed by atoms with Crippen LogP contribution in [0.25, 0.3) is 0 Å². The molecule has 1 aliphatic heterocycles. The largest absolute Gasteiger partial charge is 0.360 e. The number of piperazine rings is 1. The van der Waals surface area contributed by atoms with Gasteiger partial charge in [-0.2, -0.15) is 0 Å². The molecule has 7 heteroatoms. The molecule has 0 spiro atoms. The van der Waals surface area contributed by atoms with Gasteiger partial charge in [-0.05, 0) is 59.3 Å². The van der Waals surface area contributed by atoms with Crippen molar-refractivity contribution in [1.29, 1.82) is 0 Å². The molecular formula is C23H33N6S+. The summed E-state index contributed by atoms with van der Waals surface area (Å²) in [5.41, 5.74) is 4.17. The third-order valence-electron chi connectivity index (χ3n) is 6.42. The van der Waals surface area contributed by atoms with E-state index in [1.54, 1.807) is 16.2 Å². The Balaban J connectivity index is 1.49. The summed E-state index contributed by atoms with van der Waals surface area (Å²) in [4.78, 5) is 5.47. The molecule has 1 saturated heterocycles. The summed E-state index contributed by atoms with van der Waals surface area (Å²) in [6.07, 6.45) is 3.55. The summed E-state index contributed by atoms with van der Waals surface area (Å²) in [7, 11) is 0. The standard InChI is InChI=1S/C23H32N6S/c1-4-5-10-22(23-24-25-26-29(23)17-20-9-7-16-30-20)28-14-12-27(13-15-28)21-11-6-8-18(2)19(21)3/h6-9,11,16,22H,4-5,10,12-15,17H2,1-3H3/p+1/t22-/m1/s1. The molecule has 0 unspecified atom stereocenters. The number of unbranched alkanes of at least 4 members (excludes halogenated alkanes) is 1. The normalized spacial score (nSPS) is 16.2. The maximum absolute atomic E-state index is 4.50. The lowest BCUT2D eigenvalue weighted by Gasteiger charge is -2.38. The first-order valence-corrected chi connectivity index (χ1v) is 12.0. The number of hydrogen-bond acceptors (Lipinski definition) is 5. The Labute approximate surface area is 183 Å². The van der Waals surface area contributed by atoms with E-state index in [4.69, 9.17) is 0 Å². The molecular weight excluding hydrogens is 392 g/mol. The first kappa shape index (κ1) is 21.0. The van der Waals surface area contributed by atoms with Crippen molar-refractivity contribution >= 4 is 17.0 Å². The highest BCUT2D eigenvalue weighted by Gasteiger charge is 2.32. The highest BCUT2D eigenvalue weighted by Crippen LogP contribution is 2.23. The monoisotopic (exact) mass is 425 g/mol. The van der Waals surface area contributed by atoms with Crippen LogP contribution in [0.2, 0.25) is 0 Å². The van der Waals surface area contributed by atoms with E-state index >= 15 is 0 Å². The first-order valence-electron chi connectivity index (χ1n) is 11.1. The second-order valence-corrected chi connectivity index (χ2v) is 9.37. The van der Waals surface area contributed by atoms with Crippen LogP contribution in [-0.4, -0.2) is 46.4 Å². The van der Waals surface area contributed by atoms with E-state index in [0.717, 1.165) is 45.0 Å². The second-order valence-electron chi connectivity index (χ2n) is 8.33. The molecule has 0 saturated carbocycles. The number of aryl methyl sites for hydroxylation is 1. The van der Waals surface area contributed by atoms with Crippen LogP contribution in [0.3, 0.4) is 0 Å². The Bertz CT molecular complexity index is 927. The van der Waals surface area contributed by atoms with Crippen molar-refractivity contribution in [3.63, 3.8) is 0 Å². The summed E-state index contributed by atoms with van der Waals surface area (Å²) in [6, 6.07) is 11.3. The van der Waals surface area contributed by atoms with Crippen LogP contribution >= 0.6 is 11.3 Å². The van der Waals surface area contributed by atoms with Gasteiger partial charge in [0, 0.05) is 17.0 Å². The van der Waals surface area contributed by atoms with Gasteiger partial charge in [0.25, 0.3) is 0 Å². The van der Waals surface area contributed by atoms with Crippen molar-refractivity contribution in [2.24, 2.45) is 0 Å². The zero-order chi connectivity index (χ0) is 20.9. The van der Waals surface area contributed by atoms with Gasteiger partial charge < -0.3 is 9.80 Å². The number of nitrogens with one attached hydrogen (secondary N) is 1. The van der Waals surface area contributed by atoms with Gasteiger partial charge in [0.2, 0.25) is 5.82 Å². The van der Waals surface area contributed by atoms with E-state index in [1.807, 2.05) is 4.68 Å². The van der Waals surface area contributed by atoms with Gasteiger partial charge in [-0.15, -0.1) is 16.4 Å². The first-order chi connectivity index (χ1) is 14.7. The number of tetrazole rings is 1. The van der Waals surface area contributed by atoms with Gasteiger partial charge in [-0.1, -0.05) is 31.5 Å². The maximum Gasteiger partial charge on any atom is 0.209 e. The fraction of sp³-hybridized carbons (Fsp3) is 0.522. The summed E-state index contributed by atoms with van der Waals surface area (Å²) in [5.74, 6) is 1.05. The van der Waals surface area contributed by atoms with Crippen LogP contribution in [-0.2, 0) is 6.54 Å².